The molecule has 0 spiro atoms. The van der Waals surface area contributed by atoms with Gasteiger partial charge in [-0.3, -0.25) is 0 Å². The van der Waals surface area contributed by atoms with Crippen LogP contribution in [0.5, 0.6) is 0 Å². The van der Waals surface area contributed by atoms with E-state index in [1.54, 1.807) is 91.0 Å². The van der Waals surface area contributed by atoms with Gasteiger partial charge in [-0.05, 0) is 36.4 Å². The summed E-state index contributed by atoms with van der Waals surface area (Å²) in [6.45, 7) is -0.316. The Labute approximate surface area is 202 Å². The minimum absolute atomic E-state index is 0.0371. The normalized spacial score (nSPS) is 20.0. The summed E-state index contributed by atoms with van der Waals surface area (Å²) in [6.07, 6.45) is -4.32. The molecule has 0 saturated carbocycles. The van der Waals surface area contributed by atoms with Gasteiger partial charge in [0.1, 0.15) is 12.7 Å². The Morgan fingerprint density at radius 2 is 1.26 bits per heavy atom. The van der Waals surface area contributed by atoms with Crippen molar-refractivity contribution in [3.63, 3.8) is 0 Å². The van der Waals surface area contributed by atoms with Crippen LogP contribution in [0.2, 0.25) is 0 Å². The fourth-order valence-electron chi connectivity index (χ4n) is 3.61. The number of carbonyl (C=O) groups excluding carboxylic acids is 3. The van der Waals surface area contributed by atoms with Crippen LogP contribution in [0.25, 0.3) is 0 Å². The number of aliphatic hydroxyl groups excluding tert-OH is 1. The second-order valence-electron chi connectivity index (χ2n) is 7.88. The molecule has 0 aliphatic carbocycles. The van der Waals surface area contributed by atoms with Crippen LogP contribution in [0.3, 0.4) is 0 Å². The number of rotatable bonds is 8. The lowest BCUT2D eigenvalue weighted by Gasteiger charge is -2.23. The van der Waals surface area contributed by atoms with E-state index in [0.717, 1.165) is 0 Å². The summed E-state index contributed by atoms with van der Waals surface area (Å²) in [5.41, 5.74) is 0.965. The number of esters is 3. The third kappa shape index (κ3) is 6.32. The Morgan fingerprint density at radius 3 is 1.80 bits per heavy atom. The van der Waals surface area contributed by atoms with Gasteiger partial charge in [0.05, 0.1) is 16.7 Å². The highest BCUT2D eigenvalue weighted by Gasteiger charge is 2.43. The highest BCUT2D eigenvalue weighted by atomic mass is 16.7. The molecule has 8 heteroatoms. The molecule has 180 valence electrons. The quantitative estimate of drug-likeness (QED) is 0.389. The first-order valence-corrected chi connectivity index (χ1v) is 11.1. The van der Waals surface area contributed by atoms with Gasteiger partial charge in [-0.25, -0.2) is 14.4 Å². The van der Waals surface area contributed by atoms with Crippen molar-refractivity contribution in [2.75, 3.05) is 6.61 Å². The Hall–Kier alpha value is -4.01. The molecular formula is C27H24O8. The number of hydrogen-bond donors (Lipinski definition) is 1. The zero-order chi connectivity index (χ0) is 24.6. The van der Waals surface area contributed by atoms with E-state index >= 15 is 0 Å². The van der Waals surface area contributed by atoms with Crippen molar-refractivity contribution in [3.8, 4) is 0 Å². The van der Waals surface area contributed by atoms with Gasteiger partial charge in [0.25, 0.3) is 0 Å². The fourth-order valence-corrected chi connectivity index (χ4v) is 3.61. The van der Waals surface area contributed by atoms with Gasteiger partial charge in [0, 0.05) is 6.42 Å². The van der Waals surface area contributed by atoms with Crippen LogP contribution in [0.15, 0.2) is 91.0 Å². The monoisotopic (exact) mass is 476 g/mol. The molecule has 8 nitrogen and oxygen atoms in total. The lowest BCUT2D eigenvalue weighted by molar-refractivity contribution is -0.152. The van der Waals surface area contributed by atoms with Gasteiger partial charge in [-0.1, -0.05) is 54.6 Å². The van der Waals surface area contributed by atoms with Crippen molar-refractivity contribution < 1.29 is 38.4 Å². The third-order valence-corrected chi connectivity index (χ3v) is 5.44. The van der Waals surface area contributed by atoms with Crippen molar-refractivity contribution in [2.45, 2.75) is 31.0 Å². The number of hydrogen-bond acceptors (Lipinski definition) is 8. The topological polar surface area (TPSA) is 108 Å². The molecule has 1 saturated heterocycles. The van der Waals surface area contributed by atoms with Crippen LogP contribution in [0.1, 0.15) is 37.5 Å². The second kappa shape index (κ2) is 11.4. The molecular weight excluding hydrogens is 452 g/mol. The van der Waals surface area contributed by atoms with Crippen molar-refractivity contribution in [3.05, 3.63) is 108 Å². The summed E-state index contributed by atoms with van der Waals surface area (Å²) in [7, 11) is 0. The van der Waals surface area contributed by atoms with Crippen LogP contribution >= 0.6 is 0 Å². The SMILES string of the molecule is O=C(OC[C@@H](OC(=O)c1ccccc1)[C@H]1C[C@@H](OC(=O)c2ccccc2)[C@H](O)O1)c1ccccc1. The third-order valence-electron chi connectivity index (χ3n) is 5.44. The van der Waals surface area contributed by atoms with Gasteiger partial charge in [-0.15, -0.1) is 0 Å². The van der Waals surface area contributed by atoms with Crippen LogP contribution in [-0.2, 0) is 18.9 Å². The van der Waals surface area contributed by atoms with E-state index in [0.29, 0.717) is 16.7 Å². The zero-order valence-corrected chi connectivity index (χ0v) is 18.7. The van der Waals surface area contributed by atoms with E-state index in [-0.39, 0.29) is 13.0 Å². The molecule has 1 heterocycles. The molecule has 1 aliphatic rings. The molecule has 0 radical (unpaired) electrons. The predicted octanol–water partition coefficient (Wildman–Crippen LogP) is 3.40. The molecule has 1 aliphatic heterocycles. The maximum absolute atomic E-state index is 12.7. The van der Waals surface area contributed by atoms with Gasteiger partial charge < -0.3 is 24.1 Å². The minimum atomic E-state index is -1.43. The Balaban J connectivity index is 1.45. The molecule has 4 atom stereocenters. The maximum Gasteiger partial charge on any atom is 0.338 e. The summed E-state index contributed by atoms with van der Waals surface area (Å²) in [6, 6.07) is 25.0. The number of ether oxygens (including phenoxy) is 4. The van der Waals surface area contributed by atoms with Crippen LogP contribution < -0.4 is 0 Å². The number of aliphatic hydroxyl groups is 1. The molecule has 0 bridgehead atoms. The minimum Gasteiger partial charge on any atom is -0.458 e. The van der Waals surface area contributed by atoms with E-state index in [2.05, 4.69) is 0 Å². The standard InChI is InChI=1S/C27H24O8/c28-24(18-10-4-1-5-11-18)32-17-23(35-26(30)20-14-8-3-9-15-20)21-16-22(27(31)33-21)34-25(29)19-12-6-2-7-13-19/h1-15,21-23,27,31H,16-17H2/t21-,22-,23-,27-/m1/s1. The summed E-state index contributed by atoms with van der Waals surface area (Å²) in [4.78, 5) is 37.5. The molecule has 1 fully saturated rings. The largest absolute Gasteiger partial charge is 0.458 e. The first kappa shape index (κ1) is 24.1. The maximum atomic E-state index is 12.7. The molecule has 3 aromatic rings. The van der Waals surface area contributed by atoms with Gasteiger partial charge in [-0.2, -0.15) is 0 Å². The summed E-state index contributed by atoms with van der Waals surface area (Å²) in [5, 5.41) is 10.4. The Kier molecular flexibility index (Phi) is 7.87. The van der Waals surface area contributed by atoms with Gasteiger partial charge >= 0.3 is 17.9 Å². The van der Waals surface area contributed by atoms with Crippen molar-refractivity contribution in [1.29, 1.82) is 0 Å². The predicted molar refractivity (Wildman–Crippen MR) is 124 cm³/mol. The average molecular weight is 476 g/mol. The second-order valence-corrected chi connectivity index (χ2v) is 7.88. The summed E-state index contributed by atoms with van der Waals surface area (Å²) in [5.74, 6) is -1.86. The molecule has 0 aromatic heterocycles. The van der Waals surface area contributed by atoms with E-state index < -0.39 is 42.5 Å². The van der Waals surface area contributed by atoms with Gasteiger partial charge in [0.15, 0.2) is 18.5 Å². The highest BCUT2D eigenvalue weighted by molar-refractivity contribution is 5.90. The van der Waals surface area contributed by atoms with E-state index in [1.165, 1.54) is 0 Å². The van der Waals surface area contributed by atoms with Crippen LogP contribution in [0.4, 0.5) is 0 Å². The highest BCUT2D eigenvalue weighted by Crippen LogP contribution is 2.27. The molecule has 0 unspecified atom stereocenters. The van der Waals surface area contributed by atoms with Crippen molar-refractivity contribution in [1.82, 2.24) is 0 Å². The lowest BCUT2D eigenvalue weighted by atomic mass is 10.1. The van der Waals surface area contributed by atoms with E-state index in [9.17, 15) is 19.5 Å². The van der Waals surface area contributed by atoms with Crippen molar-refractivity contribution >= 4 is 17.9 Å². The fraction of sp³-hybridized carbons (Fsp3) is 0.222. The molecule has 3 aromatic carbocycles. The van der Waals surface area contributed by atoms with Crippen molar-refractivity contribution in [2.24, 2.45) is 0 Å². The first-order chi connectivity index (χ1) is 17.0. The zero-order valence-electron chi connectivity index (χ0n) is 18.7. The molecule has 1 N–H and O–H groups in total. The van der Waals surface area contributed by atoms with E-state index in [1.807, 2.05) is 0 Å². The summed E-state index contributed by atoms with van der Waals surface area (Å²) < 4.78 is 21.9. The average Bonchev–Trinajstić information content (AvgIpc) is 3.27. The number of benzene rings is 3. The summed E-state index contributed by atoms with van der Waals surface area (Å²) >= 11 is 0. The van der Waals surface area contributed by atoms with E-state index in [4.69, 9.17) is 18.9 Å². The first-order valence-electron chi connectivity index (χ1n) is 11.1. The smallest absolute Gasteiger partial charge is 0.338 e. The lowest BCUT2D eigenvalue weighted by Crippen LogP contribution is -2.36. The van der Waals surface area contributed by atoms with Crippen LogP contribution in [0, 0.1) is 0 Å². The Morgan fingerprint density at radius 1 is 0.771 bits per heavy atom. The molecule has 4 rings (SSSR count). The van der Waals surface area contributed by atoms with Gasteiger partial charge in [0.2, 0.25) is 0 Å². The number of carbonyl (C=O) groups is 3. The van der Waals surface area contributed by atoms with Crippen LogP contribution in [-0.4, -0.2) is 54.2 Å². The molecule has 0 amide bonds. The Bertz CT molecular complexity index is 1130. The molecule has 35 heavy (non-hydrogen) atoms.